The molecule has 134 valence electrons. The summed E-state index contributed by atoms with van der Waals surface area (Å²) in [6.07, 6.45) is 0.702. The molecule has 0 aliphatic heterocycles. The number of thiazole rings is 1. The van der Waals surface area contributed by atoms with E-state index in [1.165, 1.54) is 0 Å². The van der Waals surface area contributed by atoms with Crippen LogP contribution in [0.3, 0.4) is 0 Å². The maximum atomic E-state index is 11.8. The molecule has 23 heavy (non-hydrogen) atoms. The van der Waals surface area contributed by atoms with E-state index in [9.17, 15) is 4.21 Å². The van der Waals surface area contributed by atoms with Gasteiger partial charge in [0.1, 0.15) is 0 Å². The second kappa shape index (κ2) is 7.43. The van der Waals surface area contributed by atoms with Gasteiger partial charge in [0, 0.05) is 17.9 Å². The smallest absolute Gasteiger partial charge is 0.192 e. The number of aromatic nitrogens is 1. The molecule has 0 amide bonds. The highest BCUT2D eigenvalue weighted by molar-refractivity contribution is 7.84. The zero-order valence-corrected chi connectivity index (χ0v) is 18.4. The molecule has 1 unspecified atom stereocenters. The Labute approximate surface area is 149 Å². The first-order valence-corrected chi connectivity index (χ1v) is 13.0. The van der Waals surface area contributed by atoms with Crippen molar-refractivity contribution < 1.29 is 8.63 Å². The van der Waals surface area contributed by atoms with Crippen LogP contribution in [0.25, 0.3) is 0 Å². The number of hydrogen-bond donors (Lipinski definition) is 1. The van der Waals surface area contributed by atoms with Crippen LogP contribution in [0.15, 0.2) is 5.38 Å². The molecule has 0 saturated heterocycles. The van der Waals surface area contributed by atoms with Gasteiger partial charge in [-0.25, -0.2) is 9.19 Å². The van der Waals surface area contributed by atoms with Crippen LogP contribution in [0, 0.1) is 6.92 Å². The highest BCUT2D eigenvalue weighted by Gasteiger charge is 2.39. The largest absolute Gasteiger partial charge is 0.416 e. The summed E-state index contributed by atoms with van der Waals surface area (Å²) in [5.41, 5.74) is 1.03. The van der Waals surface area contributed by atoms with Crippen LogP contribution >= 0.6 is 11.3 Å². The third-order valence-corrected chi connectivity index (χ3v) is 11.3. The van der Waals surface area contributed by atoms with E-state index in [1.54, 1.807) is 11.3 Å². The number of nitrogens with zero attached hydrogens (tertiary/aromatic N) is 1. The van der Waals surface area contributed by atoms with Gasteiger partial charge in [0.05, 0.1) is 26.4 Å². The van der Waals surface area contributed by atoms with E-state index in [4.69, 9.17) is 9.56 Å². The summed E-state index contributed by atoms with van der Waals surface area (Å²) in [6, 6.07) is 0. The Bertz CT molecular complexity index is 551. The highest BCUT2D eigenvalue weighted by Crippen LogP contribution is 2.38. The van der Waals surface area contributed by atoms with Crippen LogP contribution in [0.1, 0.15) is 57.7 Å². The molecule has 2 N–H and O–H groups in total. The van der Waals surface area contributed by atoms with Crippen LogP contribution < -0.4 is 5.14 Å². The Hall–Kier alpha value is -0.0831. The summed E-state index contributed by atoms with van der Waals surface area (Å²) in [7, 11) is -3.20. The van der Waals surface area contributed by atoms with E-state index in [2.05, 4.69) is 44.2 Å². The van der Waals surface area contributed by atoms with Gasteiger partial charge < -0.3 is 4.43 Å². The van der Waals surface area contributed by atoms with E-state index in [-0.39, 0.29) is 11.0 Å². The fourth-order valence-electron chi connectivity index (χ4n) is 2.02. The van der Waals surface area contributed by atoms with Gasteiger partial charge in [-0.3, -0.25) is 5.14 Å². The predicted molar refractivity (Wildman–Crippen MR) is 104 cm³/mol. The molecule has 0 aliphatic carbocycles. The lowest BCUT2D eigenvalue weighted by molar-refractivity contribution is 0.249. The van der Waals surface area contributed by atoms with Crippen LogP contribution in [0.2, 0.25) is 18.1 Å². The van der Waals surface area contributed by atoms with E-state index in [1.807, 2.05) is 20.8 Å². The van der Waals surface area contributed by atoms with Crippen molar-refractivity contribution in [2.75, 3.05) is 6.61 Å². The van der Waals surface area contributed by atoms with Crippen molar-refractivity contribution in [1.82, 2.24) is 4.98 Å². The summed E-state index contributed by atoms with van der Waals surface area (Å²) in [4.78, 5) is 4.63. The molecule has 2 atom stereocenters. The predicted octanol–water partition coefficient (Wildman–Crippen LogP) is 4.35. The number of rotatable bonds is 7. The van der Waals surface area contributed by atoms with Crippen LogP contribution in [0.5, 0.6) is 0 Å². The van der Waals surface area contributed by atoms with Crippen molar-refractivity contribution in [3.05, 3.63) is 16.1 Å². The first-order chi connectivity index (χ1) is 10.3. The first-order valence-electron chi connectivity index (χ1n) is 7.98. The average molecular weight is 377 g/mol. The molecule has 0 radical (unpaired) electrons. The summed E-state index contributed by atoms with van der Waals surface area (Å²) < 4.78 is 17.8. The second-order valence-corrected chi connectivity index (χ2v) is 15.9. The van der Waals surface area contributed by atoms with Crippen molar-refractivity contribution >= 4 is 30.6 Å². The van der Waals surface area contributed by atoms with Crippen LogP contribution in [-0.2, 0) is 15.4 Å². The zero-order valence-electron chi connectivity index (χ0n) is 15.7. The Morgan fingerprint density at radius 2 is 1.91 bits per heavy atom. The van der Waals surface area contributed by atoms with Crippen molar-refractivity contribution in [3.63, 3.8) is 0 Å². The zero-order chi connectivity index (χ0) is 18.1. The lowest BCUT2D eigenvalue weighted by Crippen LogP contribution is -2.42. The lowest BCUT2D eigenvalue weighted by atomic mass is 9.95. The average Bonchev–Trinajstić information content (AvgIpc) is 2.79. The molecule has 0 saturated carbocycles. The first kappa shape index (κ1) is 21.0. The molecule has 0 spiro atoms. The van der Waals surface area contributed by atoms with Gasteiger partial charge in [0.25, 0.3) is 0 Å². The van der Waals surface area contributed by atoms with E-state index in [0.29, 0.717) is 13.0 Å². The number of hydrogen-bond acceptors (Lipinski definition) is 4. The Morgan fingerprint density at radius 3 is 2.30 bits per heavy atom. The molecule has 4 nitrogen and oxygen atoms in total. The molecule has 1 heterocycles. The van der Waals surface area contributed by atoms with Crippen LogP contribution in [-0.4, -0.2) is 28.9 Å². The van der Waals surface area contributed by atoms with Gasteiger partial charge in [-0.2, -0.15) is 0 Å². The Morgan fingerprint density at radius 1 is 1.35 bits per heavy atom. The van der Waals surface area contributed by atoms with Gasteiger partial charge in [-0.15, -0.1) is 11.3 Å². The molecule has 0 aliphatic rings. The fourth-order valence-corrected chi connectivity index (χ4v) is 4.13. The Balaban J connectivity index is 2.96. The van der Waals surface area contributed by atoms with E-state index >= 15 is 0 Å². The third-order valence-electron chi connectivity index (χ3n) is 4.79. The molecular formula is C16H32N2O2S2Si. The van der Waals surface area contributed by atoms with Gasteiger partial charge in [-0.05, 0) is 45.3 Å². The SMILES string of the molecule is Cc1nc([C@@H](CO[Si](C)(C)C(C)(C)C)CC(C)(C)S(N)=O)cs1. The maximum Gasteiger partial charge on any atom is 0.192 e. The standard InChI is InChI=1S/C16H32N2O2S2Si/c1-12-18-14(11-21-12)13(9-16(5,6)22(17)19)10-20-23(7,8)15(2,3)4/h11,13H,9-10,17H2,1-8H3/t13-,22?/m1/s1. The minimum atomic E-state index is -1.83. The molecule has 0 fully saturated rings. The van der Waals surface area contributed by atoms with Crippen molar-refractivity contribution in [3.8, 4) is 0 Å². The molecule has 1 aromatic rings. The normalized spacial score (nSPS) is 16.4. The summed E-state index contributed by atoms with van der Waals surface area (Å²) in [6.45, 7) is 17.7. The number of nitrogens with two attached hydrogens (primary N) is 1. The van der Waals surface area contributed by atoms with Gasteiger partial charge in [0.2, 0.25) is 0 Å². The fraction of sp³-hybridized carbons (Fsp3) is 0.812. The second-order valence-electron chi connectivity index (χ2n) is 8.32. The lowest BCUT2D eigenvalue weighted by Gasteiger charge is -2.38. The van der Waals surface area contributed by atoms with Crippen molar-refractivity contribution in [2.24, 2.45) is 5.14 Å². The van der Waals surface area contributed by atoms with Crippen molar-refractivity contribution in [1.29, 1.82) is 0 Å². The molecule has 0 bridgehead atoms. The van der Waals surface area contributed by atoms with E-state index < -0.39 is 24.1 Å². The number of aryl methyl sites for hydroxylation is 1. The summed E-state index contributed by atoms with van der Waals surface area (Å²) >= 11 is 1.64. The van der Waals surface area contributed by atoms with Gasteiger partial charge >= 0.3 is 0 Å². The van der Waals surface area contributed by atoms with Crippen molar-refractivity contribution in [2.45, 2.75) is 76.8 Å². The monoisotopic (exact) mass is 376 g/mol. The quantitative estimate of drug-likeness (QED) is 0.720. The molecule has 1 aromatic heterocycles. The maximum absolute atomic E-state index is 11.8. The molecule has 0 aromatic carbocycles. The molecule has 1 rings (SSSR count). The molecule has 7 heteroatoms. The molecular weight excluding hydrogens is 344 g/mol. The highest BCUT2D eigenvalue weighted by atomic mass is 32.2. The third kappa shape index (κ3) is 5.74. The van der Waals surface area contributed by atoms with Gasteiger partial charge in [-0.1, -0.05) is 20.8 Å². The van der Waals surface area contributed by atoms with E-state index in [0.717, 1.165) is 10.7 Å². The minimum absolute atomic E-state index is 0.122. The topological polar surface area (TPSA) is 65.2 Å². The van der Waals surface area contributed by atoms with Crippen LogP contribution in [0.4, 0.5) is 0 Å². The van der Waals surface area contributed by atoms with Gasteiger partial charge in [0.15, 0.2) is 8.32 Å². The summed E-state index contributed by atoms with van der Waals surface area (Å²) in [5, 5.41) is 8.98. The Kier molecular flexibility index (Phi) is 6.77. The minimum Gasteiger partial charge on any atom is -0.416 e. The summed E-state index contributed by atoms with van der Waals surface area (Å²) in [5.74, 6) is 0.122.